The summed E-state index contributed by atoms with van der Waals surface area (Å²) in [4.78, 5) is 17.4. The highest BCUT2D eigenvalue weighted by molar-refractivity contribution is 6.30. The summed E-state index contributed by atoms with van der Waals surface area (Å²) >= 11 is 6.46. The van der Waals surface area contributed by atoms with E-state index < -0.39 is 30.9 Å². The van der Waals surface area contributed by atoms with Gasteiger partial charge in [0.15, 0.2) is 0 Å². The largest absolute Gasteiger partial charge is 0.480 e. The molecule has 0 spiro atoms. The molecule has 0 unspecified atom stereocenters. The lowest BCUT2D eigenvalue weighted by atomic mass is 9.77. The highest BCUT2D eigenvalue weighted by Gasteiger charge is 2.35. The summed E-state index contributed by atoms with van der Waals surface area (Å²) in [6, 6.07) is 11.0. The monoisotopic (exact) mass is 650 g/mol. The summed E-state index contributed by atoms with van der Waals surface area (Å²) in [6.45, 7) is 11.3. The molecule has 1 aliphatic heterocycles. The first-order valence-corrected chi connectivity index (χ1v) is 16.7. The molecule has 9 heteroatoms. The predicted octanol–water partition coefficient (Wildman–Crippen LogP) is 8.92. The number of carboxylic acid groups (broad SMARTS) is 1. The van der Waals surface area contributed by atoms with Gasteiger partial charge in [-0.1, -0.05) is 49.7 Å². The van der Waals surface area contributed by atoms with Crippen molar-refractivity contribution in [3.05, 3.63) is 69.2 Å². The van der Waals surface area contributed by atoms with Crippen LogP contribution in [-0.4, -0.2) is 73.0 Å². The third-order valence-corrected chi connectivity index (χ3v) is 10.2. The molecule has 4 rings (SSSR count). The molecule has 250 valence electrons. The van der Waals surface area contributed by atoms with E-state index in [9.17, 15) is 23.1 Å². The number of rotatable bonds is 13. The minimum absolute atomic E-state index is 0.0776. The topological polar surface area (TPSA) is 53.0 Å². The fraction of sp³-hybridized carbons (Fsp3) is 0.639. The van der Waals surface area contributed by atoms with E-state index in [-0.39, 0.29) is 11.8 Å². The van der Waals surface area contributed by atoms with Crippen LogP contribution in [0.1, 0.15) is 104 Å². The van der Waals surface area contributed by atoms with Gasteiger partial charge in [-0.25, -0.2) is 0 Å². The Balaban J connectivity index is 1.50. The van der Waals surface area contributed by atoms with Crippen molar-refractivity contribution in [2.24, 2.45) is 5.41 Å². The molecule has 2 atom stereocenters. The van der Waals surface area contributed by atoms with Gasteiger partial charge in [-0.15, -0.1) is 0 Å². The molecule has 0 amide bonds. The standard InChI is InChI=1S/C36H50ClF3N2O3/c1-24-9-12-28(37)21-31(24)26(16-19-42-20-17-35(3,4)22-42)15-18-41(5)33(34(43)44)30-8-6-7-25(2)32(30)27-10-13-29(14-11-27)45-23-36(38,39)40/h6-9,12,21,26-27,29,33H,10-11,13-20,22-23H2,1-5H3,(H,43,44)/t26-,27?,29?,33+/m1/s1. The average Bonchev–Trinajstić information content (AvgIpc) is 3.31. The van der Waals surface area contributed by atoms with Crippen LogP contribution in [0.5, 0.6) is 0 Å². The Morgan fingerprint density at radius 1 is 1.09 bits per heavy atom. The zero-order valence-corrected chi connectivity index (χ0v) is 28.2. The number of likely N-dealkylation sites (N-methyl/N-ethyl adjacent to an activating group) is 1. The van der Waals surface area contributed by atoms with E-state index in [1.165, 1.54) is 17.5 Å². The van der Waals surface area contributed by atoms with Crippen molar-refractivity contribution >= 4 is 17.6 Å². The summed E-state index contributed by atoms with van der Waals surface area (Å²) < 4.78 is 43.2. The number of carbonyl (C=O) groups is 1. The first kappa shape index (κ1) is 35.7. The first-order valence-electron chi connectivity index (χ1n) is 16.3. The molecule has 1 heterocycles. The molecule has 2 aliphatic rings. The Kier molecular flexibility index (Phi) is 12.1. The fourth-order valence-corrected chi connectivity index (χ4v) is 7.72. The van der Waals surface area contributed by atoms with Crippen LogP contribution < -0.4 is 0 Å². The molecule has 45 heavy (non-hydrogen) atoms. The normalized spacial score (nSPS) is 22.1. The molecule has 1 aliphatic carbocycles. The van der Waals surface area contributed by atoms with Crippen LogP contribution in [0.4, 0.5) is 13.2 Å². The van der Waals surface area contributed by atoms with Gasteiger partial charge in [0.2, 0.25) is 0 Å². The number of hydrogen-bond donors (Lipinski definition) is 1. The molecule has 2 aromatic rings. The van der Waals surface area contributed by atoms with Crippen molar-refractivity contribution in [1.82, 2.24) is 9.80 Å². The van der Waals surface area contributed by atoms with Gasteiger partial charge in [0.05, 0.1) is 6.10 Å². The maximum Gasteiger partial charge on any atom is 0.411 e. The van der Waals surface area contributed by atoms with Gasteiger partial charge >= 0.3 is 12.1 Å². The molecule has 0 aromatic heterocycles. The number of nitrogens with zero attached hydrogens (tertiary/aromatic N) is 2. The quantitative estimate of drug-likeness (QED) is 0.235. The predicted molar refractivity (Wildman–Crippen MR) is 174 cm³/mol. The van der Waals surface area contributed by atoms with E-state index in [0.29, 0.717) is 42.7 Å². The molecule has 5 nitrogen and oxygen atoms in total. The highest BCUT2D eigenvalue weighted by Crippen LogP contribution is 2.41. The van der Waals surface area contributed by atoms with E-state index in [1.807, 2.05) is 43.1 Å². The first-order chi connectivity index (χ1) is 21.1. The Labute approximate surface area is 272 Å². The second kappa shape index (κ2) is 15.2. The van der Waals surface area contributed by atoms with Gasteiger partial charge in [-0.2, -0.15) is 13.2 Å². The van der Waals surface area contributed by atoms with Gasteiger partial charge in [0, 0.05) is 11.6 Å². The summed E-state index contributed by atoms with van der Waals surface area (Å²) in [5.74, 6) is -0.594. The third kappa shape index (κ3) is 9.93. The molecule has 0 radical (unpaired) electrons. The van der Waals surface area contributed by atoms with Crippen LogP contribution in [0.2, 0.25) is 5.02 Å². The van der Waals surface area contributed by atoms with Crippen LogP contribution in [0.15, 0.2) is 36.4 Å². The number of hydrogen-bond acceptors (Lipinski definition) is 4. The summed E-state index contributed by atoms with van der Waals surface area (Å²) in [7, 11) is 1.89. The average molecular weight is 651 g/mol. The lowest BCUT2D eigenvalue weighted by Gasteiger charge is -2.34. The maximum absolute atomic E-state index is 12.9. The second-order valence-corrected chi connectivity index (χ2v) is 14.6. The zero-order valence-electron chi connectivity index (χ0n) is 27.4. The lowest BCUT2D eigenvalue weighted by molar-refractivity contribution is -0.188. The van der Waals surface area contributed by atoms with Crippen molar-refractivity contribution < 1.29 is 27.8 Å². The number of alkyl halides is 3. The van der Waals surface area contributed by atoms with Crippen LogP contribution in [0.25, 0.3) is 0 Å². The molecule has 1 N–H and O–H groups in total. The summed E-state index contributed by atoms with van der Waals surface area (Å²) in [5, 5.41) is 11.3. The number of ether oxygens (including phenoxy) is 1. The number of likely N-dealkylation sites (tertiary alicyclic amines) is 1. The van der Waals surface area contributed by atoms with Crippen LogP contribution in [0, 0.1) is 19.3 Å². The molecule has 2 fully saturated rings. The van der Waals surface area contributed by atoms with E-state index in [0.717, 1.165) is 49.2 Å². The van der Waals surface area contributed by atoms with E-state index in [1.54, 1.807) is 0 Å². The van der Waals surface area contributed by atoms with Crippen LogP contribution in [0.3, 0.4) is 0 Å². The fourth-order valence-electron chi connectivity index (χ4n) is 7.54. The Hall–Kier alpha value is -2.13. The number of aliphatic carboxylic acids is 1. The Bertz CT molecular complexity index is 1290. The molecule has 0 bridgehead atoms. The van der Waals surface area contributed by atoms with Crippen molar-refractivity contribution in [3.8, 4) is 0 Å². The van der Waals surface area contributed by atoms with Gasteiger partial charge in [0.1, 0.15) is 12.6 Å². The smallest absolute Gasteiger partial charge is 0.411 e. The second-order valence-electron chi connectivity index (χ2n) is 14.2. The number of halogens is 4. The molecule has 1 saturated carbocycles. The van der Waals surface area contributed by atoms with Gasteiger partial charge in [-0.05, 0) is 143 Å². The highest BCUT2D eigenvalue weighted by atomic mass is 35.5. The molecular formula is C36H50ClF3N2O3. The minimum atomic E-state index is -4.34. The van der Waals surface area contributed by atoms with E-state index in [4.69, 9.17) is 16.3 Å². The zero-order chi connectivity index (χ0) is 32.9. The number of benzene rings is 2. The Morgan fingerprint density at radius 3 is 2.42 bits per heavy atom. The minimum Gasteiger partial charge on any atom is -0.480 e. The molecule has 1 saturated heterocycles. The maximum atomic E-state index is 12.9. The molecular weight excluding hydrogens is 601 g/mol. The van der Waals surface area contributed by atoms with Gasteiger partial charge in [-0.3, -0.25) is 9.69 Å². The number of carboxylic acids is 1. The van der Waals surface area contributed by atoms with Crippen molar-refractivity contribution in [1.29, 1.82) is 0 Å². The number of aryl methyl sites for hydroxylation is 2. The lowest BCUT2D eigenvalue weighted by Crippen LogP contribution is -2.34. The van der Waals surface area contributed by atoms with Crippen molar-refractivity contribution in [2.75, 3.05) is 39.8 Å². The third-order valence-electron chi connectivity index (χ3n) is 9.95. The van der Waals surface area contributed by atoms with E-state index in [2.05, 4.69) is 37.8 Å². The van der Waals surface area contributed by atoms with Gasteiger partial charge in [0.25, 0.3) is 0 Å². The molecule has 2 aromatic carbocycles. The van der Waals surface area contributed by atoms with Gasteiger partial charge < -0.3 is 14.7 Å². The SMILES string of the molecule is Cc1ccc(Cl)cc1[C@@H](CCN1CCC(C)(C)C1)CCN(C)[C@H](C(=O)O)c1cccc(C)c1C1CCC(OCC(F)(F)F)CC1. The van der Waals surface area contributed by atoms with Crippen LogP contribution in [-0.2, 0) is 9.53 Å². The van der Waals surface area contributed by atoms with Crippen LogP contribution >= 0.6 is 11.6 Å². The summed E-state index contributed by atoms with van der Waals surface area (Å²) in [6.07, 6.45) is 0.576. The summed E-state index contributed by atoms with van der Waals surface area (Å²) in [5.41, 5.74) is 5.57. The Morgan fingerprint density at radius 2 is 1.80 bits per heavy atom. The van der Waals surface area contributed by atoms with Crippen molar-refractivity contribution in [3.63, 3.8) is 0 Å². The van der Waals surface area contributed by atoms with E-state index >= 15 is 0 Å². The van der Waals surface area contributed by atoms with Crippen molar-refractivity contribution in [2.45, 2.75) is 103 Å².